The number of Topliss-reactive ketones (excluding diaryl/α,β-unsaturated/α-hetero) is 1. The van der Waals surface area contributed by atoms with Gasteiger partial charge in [0, 0.05) is 37.9 Å². The molecule has 6 nitrogen and oxygen atoms in total. The number of piperazine rings is 1. The number of hydrogen-bond donors (Lipinski definition) is 0. The second-order valence-corrected chi connectivity index (χ2v) is 6.23. The topological polar surface area (TPSA) is 54.9 Å². The van der Waals surface area contributed by atoms with Gasteiger partial charge in [0.2, 0.25) is 0 Å². The summed E-state index contributed by atoms with van der Waals surface area (Å²) in [7, 11) is 0. The maximum absolute atomic E-state index is 12.6. The van der Waals surface area contributed by atoms with E-state index in [0.29, 0.717) is 36.8 Å². The summed E-state index contributed by atoms with van der Waals surface area (Å²) in [5, 5.41) is 0. The maximum atomic E-state index is 12.6. The fraction of sp³-hybridized carbons (Fsp3) is 0.368. The number of fused-ring (bicyclic) bond motifs is 1. The van der Waals surface area contributed by atoms with Gasteiger partial charge < -0.3 is 14.4 Å². The zero-order chi connectivity index (χ0) is 17.1. The number of hydrogen-bond acceptors (Lipinski definition) is 6. The number of carbonyl (C=O) groups excluding carboxylic acids is 1. The third-order valence-corrected chi connectivity index (χ3v) is 4.58. The van der Waals surface area contributed by atoms with E-state index in [0.717, 1.165) is 32.0 Å². The minimum absolute atomic E-state index is 0.114. The molecule has 0 amide bonds. The van der Waals surface area contributed by atoms with Crippen molar-refractivity contribution in [2.24, 2.45) is 0 Å². The number of nitrogens with zero attached hydrogens (tertiary/aromatic N) is 3. The van der Waals surface area contributed by atoms with Crippen LogP contribution >= 0.6 is 0 Å². The normalized spacial score (nSPS) is 17.4. The number of ether oxygens (including phenoxy) is 2. The highest BCUT2D eigenvalue weighted by Gasteiger charge is 2.21. The van der Waals surface area contributed by atoms with E-state index in [1.54, 1.807) is 6.07 Å². The molecule has 130 valence electrons. The minimum Gasteiger partial charge on any atom is -0.486 e. The molecule has 0 bridgehead atoms. The molecule has 6 heteroatoms. The highest BCUT2D eigenvalue weighted by molar-refractivity contribution is 5.98. The van der Waals surface area contributed by atoms with E-state index in [4.69, 9.17) is 9.47 Å². The number of pyridine rings is 1. The first-order valence-corrected chi connectivity index (χ1v) is 8.61. The van der Waals surface area contributed by atoms with Crippen LogP contribution in [-0.2, 0) is 0 Å². The number of anilines is 1. The zero-order valence-corrected chi connectivity index (χ0v) is 14.1. The first-order chi connectivity index (χ1) is 12.3. The molecule has 2 aromatic rings. The van der Waals surface area contributed by atoms with E-state index in [-0.39, 0.29) is 5.78 Å². The van der Waals surface area contributed by atoms with E-state index in [1.165, 1.54) is 0 Å². The lowest BCUT2D eigenvalue weighted by Gasteiger charge is -2.35. The van der Waals surface area contributed by atoms with Crippen molar-refractivity contribution in [3.63, 3.8) is 0 Å². The number of ketones is 1. The number of benzene rings is 1. The summed E-state index contributed by atoms with van der Waals surface area (Å²) in [5.41, 5.74) is 0.677. The van der Waals surface area contributed by atoms with E-state index < -0.39 is 0 Å². The predicted molar refractivity (Wildman–Crippen MR) is 94.7 cm³/mol. The van der Waals surface area contributed by atoms with Crippen molar-refractivity contribution in [2.75, 3.05) is 50.8 Å². The average molecular weight is 339 g/mol. The molecule has 0 atom stereocenters. The molecule has 1 aromatic carbocycles. The van der Waals surface area contributed by atoms with Crippen LogP contribution in [0.5, 0.6) is 11.5 Å². The first kappa shape index (κ1) is 15.9. The van der Waals surface area contributed by atoms with Crippen molar-refractivity contribution in [1.82, 2.24) is 9.88 Å². The third-order valence-electron chi connectivity index (χ3n) is 4.58. The van der Waals surface area contributed by atoms with Gasteiger partial charge in [-0.05, 0) is 30.3 Å². The van der Waals surface area contributed by atoms with Gasteiger partial charge in [-0.15, -0.1) is 0 Å². The van der Waals surface area contributed by atoms with Gasteiger partial charge in [-0.3, -0.25) is 9.69 Å². The Labute approximate surface area is 147 Å². The summed E-state index contributed by atoms with van der Waals surface area (Å²) >= 11 is 0. The van der Waals surface area contributed by atoms with Gasteiger partial charge in [-0.25, -0.2) is 4.98 Å². The SMILES string of the molecule is O=C(CN1CCN(c2ccccn2)CC1)c1ccc2c(c1)OCCO2. The van der Waals surface area contributed by atoms with Crippen molar-refractivity contribution in [3.05, 3.63) is 48.2 Å². The third kappa shape index (κ3) is 3.58. The largest absolute Gasteiger partial charge is 0.486 e. The Morgan fingerprint density at radius 2 is 1.80 bits per heavy atom. The molecule has 0 saturated carbocycles. The molecule has 0 spiro atoms. The van der Waals surface area contributed by atoms with Crippen LogP contribution in [0.3, 0.4) is 0 Å². The van der Waals surface area contributed by atoms with Crippen LogP contribution in [0.25, 0.3) is 0 Å². The van der Waals surface area contributed by atoms with Crippen molar-refractivity contribution < 1.29 is 14.3 Å². The van der Waals surface area contributed by atoms with Crippen LogP contribution in [0, 0.1) is 0 Å². The molecule has 2 aliphatic rings. The molecular formula is C19H21N3O3. The summed E-state index contributed by atoms with van der Waals surface area (Å²) in [5.74, 6) is 2.49. The van der Waals surface area contributed by atoms with E-state index >= 15 is 0 Å². The maximum Gasteiger partial charge on any atom is 0.176 e. The van der Waals surface area contributed by atoms with Crippen LogP contribution in [0.15, 0.2) is 42.6 Å². The zero-order valence-electron chi connectivity index (χ0n) is 14.1. The van der Waals surface area contributed by atoms with Crippen molar-refractivity contribution in [2.45, 2.75) is 0 Å². The molecule has 1 fully saturated rings. The molecular weight excluding hydrogens is 318 g/mol. The molecule has 0 unspecified atom stereocenters. The van der Waals surface area contributed by atoms with Gasteiger partial charge >= 0.3 is 0 Å². The van der Waals surface area contributed by atoms with Crippen molar-refractivity contribution in [1.29, 1.82) is 0 Å². The molecule has 3 heterocycles. The van der Waals surface area contributed by atoms with E-state index in [1.807, 2.05) is 36.5 Å². The Balaban J connectivity index is 1.35. The van der Waals surface area contributed by atoms with Crippen LogP contribution in [0.4, 0.5) is 5.82 Å². The molecule has 0 N–H and O–H groups in total. The van der Waals surface area contributed by atoms with Gasteiger partial charge in [0.25, 0.3) is 0 Å². The Morgan fingerprint density at radius 3 is 2.56 bits per heavy atom. The number of aromatic nitrogens is 1. The molecule has 1 aromatic heterocycles. The van der Waals surface area contributed by atoms with Gasteiger partial charge in [0.15, 0.2) is 17.3 Å². The Bertz CT molecular complexity index is 743. The lowest BCUT2D eigenvalue weighted by molar-refractivity contribution is 0.0925. The molecule has 2 aliphatic heterocycles. The Morgan fingerprint density at radius 1 is 1.00 bits per heavy atom. The molecule has 0 radical (unpaired) electrons. The van der Waals surface area contributed by atoms with Crippen LogP contribution in [-0.4, -0.2) is 61.6 Å². The van der Waals surface area contributed by atoms with Crippen LogP contribution < -0.4 is 14.4 Å². The summed E-state index contributed by atoms with van der Waals surface area (Å²) in [6.45, 7) is 4.98. The molecule has 1 saturated heterocycles. The summed E-state index contributed by atoms with van der Waals surface area (Å²) in [4.78, 5) is 21.4. The highest BCUT2D eigenvalue weighted by Crippen LogP contribution is 2.30. The fourth-order valence-electron chi connectivity index (χ4n) is 3.19. The molecule has 25 heavy (non-hydrogen) atoms. The Hall–Kier alpha value is -2.60. The van der Waals surface area contributed by atoms with Crippen molar-refractivity contribution in [3.8, 4) is 11.5 Å². The smallest absolute Gasteiger partial charge is 0.176 e. The lowest BCUT2D eigenvalue weighted by Crippen LogP contribution is -2.48. The molecule has 4 rings (SSSR count). The lowest BCUT2D eigenvalue weighted by atomic mass is 10.1. The Kier molecular flexibility index (Phi) is 4.52. The number of rotatable bonds is 4. The quantitative estimate of drug-likeness (QED) is 0.793. The van der Waals surface area contributed by atoms with E-state index in [2.05, 4.69) is 14.8 Å². The van der Waals surface area contributed by atoms with Crippen LogP contribution in [0.1, 0.15) is 10.4 Å². The van der Waals surface area contributed by atoms with Gasteiger partial charge in [0.1, 0.15) is 19.0 Å². The van der Waals surface area contributed by atoms with Gasteiger partial charge in [-0.1, -0.05) is 6.07 Å². The molecule has 0 aliphatic carbocycles. The first-order valence-electron chi connectivity index (χ1n) is 8.61. The monoisotopic (exact) mass is 339 g/mol. The van der Waals surface area contributed by atoms with Crippen LogP contribution in [0.2, 0.25) is 0 Å². The second-order valence-electron chi connectivity index (χ2n) is 6.23. The average Bonchev–Trinajstić information content (AvgIpc) is 2.69. The fourth-order valence-corrected chi connectivity index (χ4v) is 3.19. The second kappa shape index (κ2) is 7.11. The summed E-state index contributed by atoms with van der Waals surface area (Å²) in [6, 6.07) is 11.4. The summed E-state index contributed by atoms with van der Waals surface area (Å²) in [6.07, 6.45) is 1.81. The summed E-state index contributed by atoms with van der Waals surface area (Å²) < 4.78 is 11.1. The number of carbonyl (C=O) groups is 1. The van der Waals surface area contributed by atoms with E-state index in [9.17, 15) is 4.79 Å². The minimum atomic E-state index is 0.114. The van der Waals surface area contributed by atoms with Crippen molar-refractivity contribution >= 4 is 11.6 Å². The van der Waals surface area contributed by atoms with Gasteiger partial charge in [0.05, 0.1) is 6.54 Å². The highest BCUT2D eigenvalue weighted by atomic mass is 16.6. The predicted octanol–water partition coefficient (Wildman–Crippen LogP) is 1.86. The van der Waals surface area contributed by atoms with Gasteiger partial charge in [-0.2, -0.15) is 0 Å². The standard InChI is InChI=1S/C19H21N3O3/c23-16(15-4-5-17-18(13-15)25-12-11-24-17)14-21-7-9-22(10-8-21)19-3-1-2-6-20-19/h1-6,13H,7-12,14H2.